The molecule has 0 saturated heterocycles. The molecule has 0 spiro atoms. The molecule has 0 aliphatic carbocycles. The Bertz CT molecular complexity index is 846. The molecule has 0 fully saturated rings. The number of nitrogens with one attached hydrogen (secondary N) is 1. The highest BCUT2D eigenvalue weighted by Gasteiger charge is 2.13. The van der Waals surface area contributed by atoms with E-state index in [0.717, 1.165) is 5.56 Å². The van der Waals surface area contributed by atoms with Crippen LogP contribution in [0, 0.1) is 5.92 Å². The molecule has 2 aromatic carbocycles. The van der Waals surface area contributed by atoms with E-state index in [-0.39, 0.29) is 17.7 Å². The van der Waals surface area contributed by atoms with Crippen molar-refractivity contribution in [2.45, 2.75) is 20.4 Å². The Morgan fingerprint density at radius 3 is 2.39 bits per heavy atom. The van der Waals surface area contributed by atoms with Gasteiger partial charge in [-0.2, -0.15) is 0 Å². The molecule has 2 amide bonds. The lowest BCUT2D eigenvalue weighted by Crippen LogP contribution is -2.29. The second-order valence-corrected chi connectivity index (χ2v) is 6.71. The van der Waals surface area contributed by atoms with Crippen molar-refractivity contribution >= 4 is 23.5 Å². The number of carboxylic acids is 1. The van der Waals surface area contributed by atoms with Gasteiger partial charge >= 0.3 is 5.97 Å². The van der Waals surface area contributed by atoms with Crippen LogP contribution in [-0.4, -0.2) is 41.4 Å². The number of aliphatic carboxylic acids is 1. The number of carbonyl (C=O) groups is 3. The number of rotatable bonds is 8. The van der Waals surface area contributed by atoms with E-state index in [4.69, 9.17) is 9.84 Å². The summed E-state index contributed by atoms with van der Waals surface area (Å²) in [5, 5.41) is 11.4. The van der Waals surface area contributed by atoms with E-state index in [9.17, 15) is 14.4 Å². The third-order valence-corrected chi connectivity index (χ3v) is 3.96. The molecule has 28 heavy (non-hydrogen) atoms. The van der Waals surface area contributed by atoms with Gasteiger partial charge < -0.3 is 20.1 Å². The lowest BCUT2D eigenvalue weighted by Gasteiger charge is -2.19. The summed E-state index contributed by atoms with van der Waals surface area (Å²) < 4.78 is 5.10. The minimum Gasteiger partial charge on any atom is -0.482 e. The normalized spacial score (nSPS) is 10.4. The monoisotopic (exact) mass is 384 g/mol. The molecule has 2 aromatic rings. The van der Waals surface area contributed by atoms with Crippen molar-refractivity contribution in [2.75, 3.05) is 19.0 Å². The van der Waals surface area contributed by atoms with Crippen molar-refractivity contribution in [2.24, 2.45) is 5.92 Å². The quantitative estimate of drug-likeness (QED) is 0.729. The maximum absolute atomic E-state index is 12.4. The van der Waals surface area contributed by atoms with Gasteiger partial charge in [-0.15, -0.1) is 0 Å². The summed E-state index contributed by atoms with van der Waals surface area (Å²) in [4.78, 5) is 36.6. The lowest BCUT2D eigenvalue weighted by molar-refractivity contribution is -0.139. The molecule has 0 saturated carbocycles. The molecule has 0 heterocycles. The SMILES string of the molecule is CC(C)C(=O)N(C)Cc1ccc(C(=O)Nc2cccc(OCC(=O)O)c2)cc1. The van der Waals surface area contributed by atoms with Gasteiger partial charge in [0, 0.05) is 36.8 Å². The molecule has 0 aromatic heterocycles. The van der Waals surface area contributed by atoms with E-state index in [1.54, 1.807) is 48.3 Å². The van der Waals surface area contributed by atoms with Crippen LogP contribution in [0.5, 0.6) is 5.75 Å². The molecule has 0 unspecified atom stereocenters. The van der Waals surface area contributed by atoms with Crippen molar-refractivity contribution in [3.63, 3.8) is 0 Å². The van der Waals surface area contributed by atoms with E-state index in [1.807, 2.05) is 26.0 Å². The first kappa shape index (κ1) is 21.0. The lowest BCUT2D eigenvalue weighted by atomic mass is 10.1. The summed E-state index contributed by atoms with van der Waals surface area (Å²) in [6.07, 6.45) is 0. The Hall–Kier alpha value is -3.35. The average molecular weight is 384 g/mol. The molecular weight excluding hydrogens is 360 g/mol. The van der Waals surface area contributed by atoms with Crippen LogP contribution in [0.2, 0.25) is 0 Å². The fraction of sp³-hybridized carbons (Fsp3) is 0.286. The van der Waals surface area contributed by atoms with Gasteiger partial charge in [-0.25, -0.2) is 4.79 Å². The van der Waals surface area contributed by atoms with Crippen molar-refractivity contribution in [1.29, 1.82) is 0 Å². The van der Waals surface area contributed by atoms with E-state index in [1.165, 1.54) is 0 Å². The Labute approximate surface area is 163 Å². The summed E-state index contributed by atoms with van der Waals surface area (Å²) in [5.74, 6) is -1.02. The van der Waals surface area contributed by atoms with Crippen molar-refractivity contribution in [1.82, 2.24) is 4.90 Å². The molecule has 2 rings (SSSR count). The number of benzene rings is 2. The Kier molecular flexibility index (Phi) is 7.14. The topological polar surface area (TPSA) is 95.9 Å². The van der Waals surface area contributed by atoms with Crippen LogP contribution < -0.4 is 10.1 Å². The zero-order chi connectivity index (χ0) is 20.7. The van der Waals surface area contributed by atoms with Gasteiger partial charge in [0.2, 0.25) is 5.91 Å². The number of amides is 2. The fourth-order valence-electron chi connectivity index (χ4n) is 2.57. The average Bonchev–Trinajstić information content (AvgIpc) is 2.66. The molecule has 148 valence electrons. The smallest absolute Gasteiger partial charge is 0.341 e. The van der Waals surface area contributed by atoms with Gasteiger partial charge in [-0.1, -0.05) is 32.0 Å². The Balaban J connectivity index is 1.98. The molecule has 0 aliphatic rings. The second kappa shape index (κ2) is 9.55. The highest BCUT2D eigenvalue weighted by Crippen LogP contribution is 2.18. The van der Waals surface area contributed by atoms with Crippen molar-refractivity contribution < 1.29 is 24.2 Å². The maximum atomic E-state index is 12.4. The molecule has 2 N–H and O–H groups in total. The molecular formula is C21H24N2O5. The second-order valence-electron chi connectivity index (χ2n) is 6.71. The standard InChI is InChI=1S/C21H24N2O5/c1-14(2)21(27)23(3)12-15-7-9-16(10-8-15)20(26)22-17-5-4-6-18(11-17)28-13-19(24)25/h4-11,14H,12-13H2,1-3H3,(H,22,26)(H,24,25). The van der Waals surface area contributed by atoms with Crippen LogP contribution in [0.3, 0.4) is 0 Å². The number of nitrogens with zero attached hydrogens (tertiary/aromatic N) is 1. The summed E-state index contributed by atoms with van der Waals surface area (Å²) >= 11 is 0. The first-order chi connectivity index (χ1) is 13.3. The minimum absolute atomic E-state index is 0.0619. The van der Waals surface area contributed by atoms with E-state index < -0.39 is 12.6 Å². The van der Waals surface area contributed by atoms with Gasteiger partial charge in [0.25, 0.3) is 5.91 Å². The first-order valence-corrected chi connectivity index (χ1v) is 8.86. The number of hydrogen-bond acceptors (Lipinski definition) is 4. The van der Waals surface area contributed by atoms with Gasteiger partial charge in [0.1, 0.15) is 5.75 Å². The fourth-order valence-corrected chi connectivity index (χ4v) is 2.57. The predicted molar refractivity (Wildman–Crippen MR) is 105 cm³/mol. The molecule has 0 atom stereocenters. The number of anilines is 1. The van der Waals surface area contributed by atoms with E-state index in [2.05, 4.69) is 5.32 Å². The molecule has 7 heteroatoms. The summed E-state index contributed by atoms with van der Waals surface area (Å²) in [5.41, 5.74) is 1.90. The molecule has 0 radical (unpaired) electrons. The van der Waals surface area contributed by atoms with Gasteiger partial charge in [0.05, 0.1) is 0 Å². The maximum Gasteiger partial charge on any atom is 0.341 e. The number of carboxylic acid groups (broad SMARTS) is 1. The predicted octanol–water partition coefficient (Wildman–Crippen LogP) is 3.02. The van der Waals surface area contributed by atoms with Crippen LogP contribution in [-0.2, 0) is 16.1 Å². The van der Waals surface area contributed by atoms with E-state index in [0.29, 0.717) is 23.5 Å². The van der Waals surface area contributed by atoms with Crippen LogP contribution in [0.15, 0.2) is 48.5 Å². The zero-order valence-electron chi connectivity index (χ0n) is 16.1. The van der Waals surface area contributed by atoms with Crippen LogP contribution in [0.1, 0.15) is 29.8 Å². The summed E-state index contributed by atoms with van der Waals surface area (Å²) in [7, 11) is 1.75. The summed E-state index contributed by atoms with van der Waals surface area (Å²) in [6.45, 7) is 3.73. The number of ether oxygens (including phenoxy) is 1. The first-order valence-electron chi connectivity index (χ1n) is 8.86. The minimum atomic E-state index is -1.07. The highest BCUT2D eigenvalue weighted by molar-refractivity contribution is 6.04. The molecule has 0 bridgehead atoms. The van der Waals surface area contributed by atoms with Gasteiger partial charge in [0.15, 0.2) is 6.61 Å². The summed E-state index contributed by atoms with van der Waals surface area (Å²) in [6, 6.07) is 13.5. The highest BCUT2D eigenvalue weighted by atomic mass is 16.5. The van der Waals surface area contributed by atoms with E-state index >= 15 is 0 Å². The molecule has 7 nitrogen and oxygen atoms in total. The Morgan fingerprint density at radius 2 is 1.79 bits per heavy atom. The van der Waals surface area contributed by atoms with Crippen molar-refractivity contribution in [3.05, 3.63) is 59.7 Å². The zero-order valence-corrected chi connectivity index (χ0v) is 16.1. The Morgan fingerprint density at radius 1 is 1.11 bits per heavy atom. The third kappa shape index (κ3) is 6.12. The van der Waals surface area contributed by atoms with Crippen LogP contribution in [0.4, 0.5) is 5.69 Å². The van der Waals surface area contributed by atoms with Crippen molar-refractivity contribution in [3.8, 4) is 5.75 Å². The molecule has 0 aliphatic heterocycles. The number of hydrogen-bond donors (Lipinski definition) is 2. The van der Waals surface area contributed by atoms with Crippen LogP contribution >= 0.6 is 0 Å². The number of carbonyl (C=O) groups excluding carboxylic acids is 2. The van der Waals surface area contributed by atoms with Gasteiger partial charge in [-0.05, 0) is 29.8 Å². The van der Waals surface area contributed by atoms with Gasteiger partial charge in [-0.3, -0.25) is 9.59 Å². The van der Waals surface area contributed by atoms with Crippen LogP contribution in [0.25, 0.3) is 0 Å². The third-order valence-electron chi connectivity index (χ3n) is 3.96. The largest absolute Gasteiger partial charge is 0.482 e.